The Morgan fingerprint density at radius 2 is 1.73 bits per heavy atom. The van der Waals surface area contributed by atoms with E-state index in [1.54, 1.807) is 0 Å². The second kappa shape index (κ2) is 12.4. The Morgan fingerprint density at radius 1 is 1.06 bits per heavy atom. The standard InChI is InChI=1S/C29H42O4/c1-28(2,3)20-24-17-23(18-24)14-15-26(30)25(19-27(31)33-29(4,5)6)13-10-16-32-21-22-11-8-7-9-12-22/h7-9,11-12,23-25H,10,13,16-21H2,1-6H3/t23?,24?,25-/m0/s1. The molecule has 1 saturated carbocycles. The van der Waals surface area contributed by atoms with Crippen LogP contribution in [0.2, 0.25) is 0 Å². The van der Waals surface area contributed by atoms with Crippen LogP contribution in [0.25, 0.3) is 0 Å². The largest absolute Gasteiger partial charge is 0.460 e. The highest BCUT2D eigenvalue weighted by Gasteiger charge is 2.31. The molecule has 1 aromatic carbocycles. The molecule has 0 heterocycles. The van der Waals surface area contributed by atoms with Gasteiger partial charge in [0.15, 0.2) is 0 Å². The highest BCUT2D eigenvalue weighted by atomic mass is 16.6. The number of rotatable bonds is 10. The van der Waals surface area contributed by atoms with E-state index in [0.29, 0.717) is 43.3 Å². The van der Waals surface area contributed by atoms with Crippen molar-refractivity contribution in [3.8, 4) is 11.8 Å². The minimum atomic E-state index is -0.566. The summed E-state index contributed by atoms with van der Waals surface area (Å²) in [7, 11) is 0. The summed E-state index contributed by atoms with van der Waals surface area (Å²) in [6.45, 7) is 13.4. The van der Waals surface area contributed by atoms with Gasteiger partial charge in [-0.25, -0.2) is 0 Å². The Hall–Kier alpha value is -2.12. The van der Waals surface area contributed by atoms with E-state index in [0.717, 1.165) is 18.4 Å². The Balaban J connectivity index is 1.85. The van der Waals surface area contributed by atoms with Crippen LogP contribution in [-0.2, 0) is 25.7 Å². The number of hydrogen-bond donors (Lipinski definition) is 0. The summed E-state index contributed by atoms with van der Waals surface area (Å²) in [4.78, 5) is 25.2. The highest BCUT2D eigenvalue weighted by Crippen LogP contribution is 2.40. The Labute approximate surface area is 200 Å². The molecule has 1 aliphatic rings. The van der Waals surface area contributed by atoms with Crippen molar-refractivity contribution in [3.63, 3.8) is 0 Å². The zero-order chi connectivity index (χ0) is 24.5. The summed E-state index contributed by atoms with van der Waals surface area (Å²) >= 11 is 0. The number of carbonyl (C=O) groups excluding carboxylic acids is 2. The van der Waals surface area contributed by atoms with E-state index < -0.39 is 11.5 Å². The van der Waals surface area contributed by atoms with Crippen LogP contribution in [0.3, 0.4) is 0 Å². The van der Waals surface area contributed by atoms with Crippen molar-refractivity contribution >= 4 is 11.8 Å². The van der Waals surface area contributed by atoms with Crippen molar-refractivity contribution in [1.82, 2.24) is 0 Å². The van der Waals surface area contributed by atoms with Crippen molar-refractivity contribution in [3.05, 3.63) is 35.9 Å². The third kappa shape index (κ3) is 11.5. The summed E-state index contributed by atoms with van der Waals surface area (Å²) in [5, 5.41) is 0. The number of carbonyl (C=O) groups is 2. The van der Waals surface area contributed by atoms with E-state index in [2.05, 4.69) is 32.6 Å². The SMILES string of the molecule is CC(C)(C)CC1CC(C#CC(=O)[C@@H](CCCOCc2ccccc2)CC(=O)OC(C)(C)C)C1. The third-order valence-corrected chi connectivity index (χ3v) is 5.69. The van der Waals surface area contributed by atoms with Gasteiger partial charge < -0.3 is 9.47 Å². The van der Waals surface area contributed by atoms with Crippen LogP contribution >= 0.6 is 0 Å². The van der Waals surface area contributed by atoms with E-state index in [9.17, 15) is 9.59 Å². The molecule has 0 aliphatic heterocycles. The first kappa shape index (κ1) is 27.1. The first-order chi connectivity index (χ1) is 15.4. The molecule has 0 radical (unpaired) electrons. The highest BCUT2D eigenvalue weighted by molar-refractivity contribution is 5.99. The van der Waals surface area contributed by atoms with Gasteiger partial charge in [0.05, 0.1) is 13.0 Å². The number of benzene rings is 1. The average molecular weight is 455 g/mol. The average Bonchev–Trinajstić information content (AvgIpc) is 2.66. The van der Waals surface area contributed by atoms with E-state index in [4.69, 9.17) is 9.47 Å². The zero-order valence-electron chi connectivity index (χ0n) is 21.4. The van der Waals surface area contributed by atoms with Crippen LogP contribution < -0.4 is 0 Å². The van der Waals surface area contributed by atoms with Crippen molar-refractivity contribution in [2.24, 2.45) is 23.2 Å². The van der Waals surface area contributed by atoms with Gasteiger partial charge in [0.1, 0.15) is 5.60 Å². The number of ketones is 1. The molecule has 0 unspecified atom stereocenters. The minimum absolute atomic E-state index is 0.0702. The molecule has 0 saturated heterocycles. The van der Waals surface area contributed by atoms with Crippen molar-refractivity contribution in [2.45, 2.75) is 92.3 Å². The van der Waals surface area contributed by atoms with Crippen LogP contribution in [0.15, 0.2) is 30.3 Å². The lowest BCUT2D eigenvalue weighted by Gasteiger charge is -2.36. The fraction of sp³-hybridized carbons (Fsp3) is 0.655. The molecule has 0 amide bonds. The summed E-state index contributed by atoms with van der Waals surface area (Å²) in [5.41, 5.74) is 0.887. The number of esters is 1. The van der Waals surface area contributed by atoms with Gasteiger partial charge >= 0.3 is 5.97 Å². The van der Waals surface area contributed by atoms with Crippen LogP contribution in [0.5, 0.6) is 0 Å². The maximum atomic E-state index is 12.9. The topological polar surface area (TPSA) is 52.6 Å². The lowest BCUT2D eigenvalue weighted by molar-refractivity contribution is -0.157. The quantitative estimate of drug-likeness (QED) is 0.178. The molecular weight excluding hydrogens is 412 g/mol. The third-order valence-electron chi connectivity index (χ3n) is 5.69. The van der Waals surface area contributed by atoms with E-state index in [-0.39, 0.29) is 18.2 Å². The van der Waals surface area contributed by atoms with Gasteiger partial charge in [0.25, 0.3) is 0 Å². The first-order valence-electron chi connectivity index (χ1n) is 12.3. The smallest absolute Gasteiger partial charge is 0.307 e. The van der Waals surface area contributed by atoms with Gasteiger partial charge in [-0.2, -0.15) is 0 Å². The van der Waals surface area contributed by atoms with Crippen LogP contribution in [0.4, 0.5) is 0 Å². The number of ether oxygens (including phenoxy) is 2. The summed E-state index contributed by atoms with van der Waals surface area (Å²) in [5.74, 6) is 6.11. The molecule has 0 bridgehead atoms. The number of hydrogen-bond acceptors (Lipinski definition) is 4. The molecule has 4 heteroatoms. The molecule has 0 spiro atoms. The predicted octanol–water partition coefficient (Wildman–Crippen LogP) is 6.37. The van der Waals surface area contributed by atoms with Crippen molar-refractivity contribution in [2.75, 3.05) is 6.61 Å². The molecule has 1 aromatic rings. The van der Waals surface area contributed by atoms with Gasteiger partial charge in [-0.1, -0.05) is 57.0 Å². The Kier molecular flexibility index (Phi) is 10.2. The van der Waals surface area contributed by atoms with Crippen molar-refractivity contribution in [1.29, 1.82) is 0 Å². The van der Waals surface area contributed by atoms with Gasteiger partial charge in [-0.15, -0.1) is 0 Å². The molecule has 1 atom stereocenters. The summed E-state index contributed by atoms with van der Waals surface area (Å²) in [6.07, 6.45) is 4.68. The normalized spacial score (nSPS) is 19.1. The number of Topliss-reactive ketones (excluding diaryl/α,β-unsaturated/α-hetero) is 1. The lowest BCUT2D eigenvalue weighted by Crippen LogP contribution is -2.28. The van der Waals surface area contributed by atoms with Crippen LogP contribution in [0, 0.1) is 35.0 Å². The lowest BCUT2D eigenvalue weighted by atomic mass is 9.68. The minimum Gasteiger partial charge on any atom is -0.460 e. The zero-order valence-corrected chi connectivity index (χ0v) is 21.4. The van der Waals surface area contributed by atoms with E-state index in [1.807, 2.05) is 51.1 Å². The molecule has 1 aliphatic carbocycles. The van der Waals surface area contributed by atoms with Crippen LogP contribution in [0.1, 0.15) is 85.6 Å². The Bertz CT molecular complexity index is 811. The second-order valence-electron chi connectivity index (χ2n) is 11.6. The van der Waals surface area contributed by atoms with E-state index >= 15 is 0 Å². The molecule has 2 rings (SSSR count). The fourth-order valence-electron chi connectivity index (χ4n) is 4.27. The molecule has 33 heavy (non-hydrogen) atoms. The summed E-state index contributed by atoms with van der Waals surface area (Å²) < 4.78 is 11.2. The maximum Gasteiger partial charge on any atom is 0.307 e. The molecule has 0 aromatic heterocycles. The van der Waals surface area contributed by atoms with Gasteiger partial charge in [-0.05, 0) is 75.7 Å². The van der Waals surface area contributed by atoms with Gasteiger partial charge in [0, 0.05) is 18.4 Å². The summed E-state index contributed by atoms with van der Waals surface area (Å²) in [6, 6.07) is 10.0. The second-order valence-corrected chi connectivity index (χ2v) is 11.6. The molecule has 0 N–H and O–H groups in total. The van der Waals surface area contributed by atoms with Gasteiger partial charge in [0.2, 0.25) is 5.78 Å². The first-order valence-corrected chi connectivity index (χ1v) is 12.3. The molecular formula is C29H42O4. The molecule has 182 valence electrons. The predicted molar refractivity (Wildman–Crippen MR) is 132 cm³/mol. The fourth-order valence-corrected chi connectivity index (χ4v) is 4.27. The van der Waals surface area contributed by atoms with Gasteiger partial charge in [-0.3, -0.25) is 9.59 Å². The van der Waals surface area contributed by atoms with Crippen molar-refractivity contribution < 1.29 is 19.1 Å². The maximum absolute atomic E-state index is 12.9. The van der Waals surface area contributed by atoms with Crippen LogP contribution in [-0.4, -0.2) is 24.0 Å². The molecule has 1 fully saturated rings. The van der Waals surface area contributed by atoms with E-state index in [1.165, 1.54) is 6.42 Å². The monoisotopic (exact) mass is 454 g/mol. The Morgan fingerprint density at radius 3 is 2.33 bits per heavy atom. The molecule has 4 nitrogen and oxygen atoms in total.